The Balaban J connectivity index is 2.31. The van der Waals surface area contributed by atoms with Crippen molar-refractivity contribution < 1.29 is 0 Å². The maximum Gasteiger partial charge on any atom is 0.0471 e. The molecule has 0 aromatic heterocycles. The largest absolute Gasteiger partial charge is 0.299 e. The van der Waals surface area contributed by atoms with E-state index in [1.165, 1.54) is 11.1 Å². The van der Waals surface area contributed by atoms with Gasteiger partial charge in [0.05, 0.1) is 0 Å². The summed E-state index contributed by atoms with van der Waals surface area (Å²) >= 11 is 0. The molecule has 0 saturated heterocycles. The fraction of sp³-hybridized carbons (Fsp3) is 0.444. The SMILES string of the molecule is CN(C)C1(C(C)(C)C)C=CC(c2ccccc2)=CC1. The molecule has 1 unspecified atom stereocenters. The zero-order valence-corrected chi connectivity index (χ0v) is 12.8. The Morgan fingerprint density at radius 1 is 1.05 bits per heavy atom. The topological polar surface area (TPSA) is 3.24 Å². The van der Waals surface area contributed by atoms with Crippen LogP contribution in [0.3, 0.4) is 0 Å². The number of hydrogen-bond donors (Lipinski definition) is 0. The van der Waals surface area contributed by atoms with E-state index >= 15 is 0 Å². The summed E-state index contributed by atoms with van der Waals surface area (Å²) in [5, 5.41) is 0. The molecule has 0 bridgehead atoms. The normalized spacial score (nSPS) is 23.6. The lowest BCUT2D eigenvalue weighted by Crippen LogP contribution is -2.52. The average molecular weight is 255 g/mol. The molecule has 102 valence electrons. The van der Waals surface area contributed by atoms with Crippen molar-refractivity contribution in [3.63, 3.8) is 0 Å². The fourth-order valence-electron chi connectivity index (χ4n) is 3.03. The van der Waals surface area contributed by atoms with Gasteiger partial charge in [-0.05, 0) is 37.1 Å². The molecule has 19 heavy (non-hydrogen) atoms. The predicted molar refractivity (Wildman–Crippen MR) is 84.0 cm³/mol. The van der Waals surface area contributed by atoms with Crippen LogP contribution in [0.15, 0.2) is 48.6 Å². The second-order valence-electron chi connectivity index (χ2n) is 6.63. The third kappa shape index (κ3) is 2.52. The first-order valence-electron chi connectivity index (χ1n) is 6.99. The molecule has 1 aliphatic carbocycles. The highest BCUT2D eigenvalue weighted by Crippen LogP contribution is 2.42. The Hall–Kier alpha value is -1.34. The van der Waals surface area contributed by atoms with Gasteiger partial charge in [-0.25, -0.2) is 0 Å². The van der Waals surface area contributed by atoms with Gasteiger partial charge in [-0.2, -0.15) is 0 Å². The van der Waals surface area contributed by atoms with Gasteiger partial charge in [0.2, 0.25) is 0 Å². The van der Waals surface area contributed by atoms with Crippen molar-refractivity contribution in [3.8, 4) is 0 Å². The first kappa shape index (κ1) is 14.1. The van der Waals surface area contributed by atoms with Gasteiger partial charge in [-0.3, -0.25) is 4.90 Å². The number of benzene rings is 1. The third-order valence-electron chi connectivity index (χ3n) is 4.38. The molecule has 0 saturated carbocycles. The summed E-state index contributed by atoms with van der Waals surface area (Å²) in [6.45, 7) is 6.95. The van der Waals surface area contributed by atoms with E-state index in [9.17, 15) is 0 Å². The molecule has 0 radical (unpaired) electrons. The van der Waals surface area contributed by atoms with E-state index in [0.29, 0.717) is 0 Å². The van der Waals surface area contributed by atoms with Crippen molar-refractivity contribution >= 4 is 5.57 Å². The Kier molecular flexibility index (Phi) is 3.69. The summed E-state index contributed by atoms with van der Waals surface area (Å²) in [6.07, 6.45) is 8.10. The van der Waals surface area contributed by atoms with E-state index < -0.39 is 0 Å². The van der Waals surface area contributed by atoms with Crippen LogP contribution in [0.4, 0.5) is 0 Å². The van der Waals surface area contributed by atoms with Gasteiger partial charge in [-0.1, -0.05) is 69.3 Å². The molecule has 1 aromatic rings. The molecule has 0 aliphatic heterocycles. The fourth-order valence-corrected chi connectivity index (χ4v) is 3.03. The molecular formula is C18H25N. The Morgan fingerprint density at radius 2 is 1.68 bits per heavy atom. The first-order valence-corrected chi connectivity index (χ1v) is 6.99. The number of likely N-dealkylation sites (N-methyl/N-ethyl adjacent to an activating group) is 1. The quantitative estimate of drug-likeness (QED) is 0.758. The van der Waals surface area contributed by atoms with E-state index in [0.717, 1.165) is 6.42 Å². The Labute approximate surface area is 117 Å². The van der Waals surface area contributed by atoms with Crippen molar-refractivity contribution in [2.45, 2.75) is 32.7 Å². The number of allylic oxidation sites excluding steroid dienone is 2. The predicted octanol–water partition coefficient (Wildman–Crippen LogP) is 4.38. The molecule has 0 amide bonds. The van der Waals surface area contributed by atoms with Crippen LogP contribution in [0.25, 0.3) is 5.57 Å². The zero-order valence-electron chi connectivity index (χ0n) is 12.8. The molecule has 0 fully saturated rings. The molecule has 1 aliphatic rings. The first-order chi connectivity index (χ1) is 8.87. The highest BCUT2D eigenvalue weighted by molar-refractivity contribution is 5.75. The minimum atomic E-state index is 0.102. The maximum absolute atomic E-state index is 2.38. The summed E-state index contributed by atoms with van der Waals surface area (Å²) in [4.78, 5) is 2.35. The van der Waals surface area contributed by atoms with Gasteiger partial charge in [0.25, 0.3) is 0 Å². The second kappa shape index (κ2) is 4.97. The van der Waals surface area contributed by atoms with Crippen molar-refractivity contribution in [1.29, 1.82) is 0 Å². The summed E-state index contributed by atoms with van der Waals surface area (Å²) in [5.74, 6) is 0. The van der Waals surface area contributed by atoms with Gasteiger partial charge in [-0.15, -0.1) is 0 Å². The van der Waals surface area contributed by atoms with Gasteiger partial charge in [0, 0.05) is 5.54 Å². The molecule has 0 spiro atoms. The molecule has 0 heterocycles. The van der Waals surface area contributed by atoms with E-state index in [4.69, 9.17) is 0 Å². The van der Waals surface area contributed by atoms with Crippen LogP contribution in [-0.2, 0) is 0 Å². The molecule has 1 atom stereocenters. The van der Waals surface area contributed by atoms with Crippen molar-refractivity contribution in [3.05, 3.63) is 54.1 Å². The number of rotatable bonds is 2. The van der Waals surface area contributed by atoms with E-state index in [1.807, 2.05) is 0 Å². The second-order valence-corrected chi connectivity index (χ2v) is 6.63. The van der Waals surface area contributed by atoms with Gasteiger partial charge in [0.1, 0.15) is 0 Å². The summed E-state index contributed by atoms with van der Waals surface area (Å²) in [5.41, 5.74) is 2.96. The lowest BCUT2D eigenvalue weighted by atomic mass is 9.68. The third-order valence-corrected chi connectivity index (χ3v) is 4.38. The number of hydrogen-bond acceptors (Lipinski definition) is 1. The van der Waals surface area contributed by atoms with Gasteiger partial charge < -0.3 is 0 Å². The van der Waals surface area contributed by atoms with Crippen LogP contribution >= 0.6 is 0 Å². The van der Waals surface area contributed by atoms with E-state index in [-0.39, 0.29) is 11.0 Å². The minimum absolute atomic E-state index is 0.102. The van der Waals surface area contributed by atoms with Crippen LogP contribution in [-0.4, -0.2) is 24.5 Å². The maximum atomic E-state index is 2.38. The molecule has 1 aromatic carbocycles. The lowest BCUT2D eigenvalue weighted by Gasteiger charge is -2.48. The molecule has 1 heteroatoms. The summed E-state index contributed by atoms with van der Waals surface area (Å²) in [6, 6.07) is 10.6. The van der Waals surface area contributed by atoms with Crippen LogP contribution in [0, 0.1) is 5.41 Å². The average Bonchev–Trinajstić information content (AvgIpc) is 2.38. The van der Waals surface area contributed by atoms with Gasteiger partial charge >= 0.3 is 0 Å². The smallest absolute Gasteiger partial charge is 0.0471 e. The van der Waals surface area contributed by atoms with Gasteiger partial charge in [0.15, 0.2) is 0 Å². The van der Waals surface area contributed by atoms with Crippen LogP contribution in [0.1, 0.15) is 32.8 Å². The Morgan fingerprint density at radius 3 is 2.11 bits per heavy atom. The van der Waals surface area contributed by atoms with Crippen LogP contribution < -0.4 is 0 Å². The number of nitrogens with zero attached hydrogens (tertiary/aromatic N) is 1. The standard InChI is InChI=1S/C18H25N/c1-17(2,3)18(19(4)5)13-11-16(12-14-18)15-9-7-6-8-10-15/h6-13H,14H2,1-5H3. The van der Waals surface area contributed by atoms with Crippen LogP contribution in [0.5, 0.6) is 0 Å². The lowest BCUT2D eigenvalue weighted by molar-refractivity contribution is 0.0772. The van der Waals surface area contributed by atoms with E-state index in [2.05, 4.69) is 88.3 Å². The van der Waals surface area contributed by atoms with E-state index in [1.54, 1.807) is 0 Å². The monoisotopic (exact) mass is 255 g/mol. The molecule has 1 nitrogen and oxygen atoms in total. The summed E-state index contributed by atoms with van der Waals surface area (Å²) in [7, 11) is 4.36. The highest BCUT2D eigenvalue weighted by Gasteiger charge is 2.41. The molecule has 0 N–H and O–H groups in total. The van der Waals surface area contributed by atoms with Crippen molar-refractivity contribution in [2.24, 2.45) is 5.41 Å². The Bertz CT molecular complexity index is 488. The minimum Gasteiger partial charge on any atom is -0.299 e. The van der Waals surface area contributed by atoms with Crippen molar-refractivity contribution in [2.75, 3.05) is 14.1 Å². The zero-order chi connectivity index (χ0) is 14.1. The molecule has 2 rings (SSSR count). The van der Waals surface area contributed by atoms with Crippen LogP contribution in [0.2, 0.25) is 0 Å². The van der Waals surface area contributed by atoms with Crippen molar-refractivity contribution in [1.82, 2.24) is 4.90 Å². The molecular weight excluding hydrogens is 230 g/mol. The highest BCUT2D eigenvalue weighted by atomic mass is 15.2. The summed E-state index contributed by atoms with van der Waals surface area (Å²) < 4.78 is 0.